The summed E-state index contributed by atoms with van der Waals surface area (Å²) < 4.78 is 23.4. The number of hydrogen-bond acceptors (Lipinski definition) is 6. The van der Waals surface area contributed by atoms with Gasteiger partial charge in [0.05, 0.1) is 39.9 Å². The molecule has 0 aromatic heterocycles. The molecule has 3 unspecified atom stereocenters. The number of phosphoric acid groups is 1. The molecular weight excluding hydrogens is 936 g/mol. The predicted octanol–water partition coefficient (Wildman–Crippen LogP) is 19.2. The van der Waals surface area contributed by atoms with Crippen LogP contribution in [0.2, 0.25) is 0 Å². The summed E-state index contributed by atoms with van der Waals surface area (Å²) in [5.74, 6) is -0.194. The van der Waals surface area contributed by atoms with Crippen LogP contribution in [0.4, 0.5) is 0 Å². The molecule has 9 heteroatoms. The van der Waals surface area contributed by atoms with Crippen LogP contribution in [0.15, 0.2) is 48.6 Å². The largest absolute Gasteiger partial charge is 0.756 e. The van der Waals surface area contributed by atoms with E-state index in [1.807, 2.05) is 27.2 Å². The number of likely N-dealkylation sites (N-methyl/N-ethyl adjacent to an activating group) is 1. The third-order valence-electron chi connectivity index (χ3n) is 14.5. The third-order valence-corrected chi connectivity index (χ3v) is 15.5. The van der Waals surface area contributed by atoms with Crippen LogP contribution in [-0.2, 0) is 18.4 Å². The maximum atomic E-state index is 13.0. The monoisotopic (exact) mass is 1060 g/mol. The number of aliphatic hydroxyl groups is 1. The second-order valence-corrected chi connectivity index (χ2v) is 24.5. The number of phosphoric ester groups is 1. The smallest absolute Gasteiger partial charge is 0.268 e. The summed E-state index contributed by atoms with van der Waals surface area (Å²) in [7, 11) is 1.27. The van der Waals surface area contributed by atoms with Crippen molar-refractivity contribution in [2.45, 2.75) is 321 Å². The molecule has 0 spiro atoms. The minimum Gasteiger partial charge on any atom is -0.756 e. The van der Waals surface area contributed by atoms with Crippen molar-refractivity contribution < 1.29 is 32.9 Å². The van der Waals surface area contributed by atoms with Crippen molar-refractivity contribution in [3.05, 3.63) is 48.6 Å². The van der Waals surface area contributed by atoms with Crippen molar-refractivity contribution in [1.82, 2.24) is 5.32 Å². The van der Waals surface area contributed by atoms with Gasteiger partial charge in [-0.1, -0.05) is 294 Å². The second-order valence-electron chi connectivity index (χ2n) is 23.1. The third kappa shape index (κ3) is 58.1. The predicted molar refractivity (Wildman–Crippen MR) is 321 cm³/mol. The number of quaternary nitrogens is 1. The number of allylic oxidation sites excluding steroid dienone is 7. The zero-order valence-electron chi connectivity index (χ0n) is 49.8. The Hall–Kier alpha value is -1.54. The van der Waals surface area contributed by atoms with E-state index in [9.17, 15) is 19.4 Å². The van der Waals surface area contributed by atoms with Crippen LogP contribution in [0, 0.1) is 0 Å². The van der Waals surface area contributed by atoms with E-state index in [0.717, 1.165) is 51.4 Å². The van der Waals surface area contributed by atoms with Crippen molar-refractivity contribution in [3.63, 3.8) is 0 Å². The van der Waals surface area contributed by atoms with E-state index in [4.69, 9.17) is 9.05 Å². The maximum Gasteiger partial charge on any atom is 0.268 e. The van der Waals surface area contributed by atoms with Crippen molar-refractivity contribution in [3.8, 4) is 0 Å². The van der Waals surface area contributed by atoms with Gasteiger partial charge in [-0.15, -0.1) is 0 Å². The Labute approximate surface area is 460 Å². The number of carbonyl (C=O) groups is 1. The minimum absolute atomic E-state index is 0.000414. The highest BCUT2D eigenvalue weighted by Gasteiger charge is 2.23. The zero-order chi connectivity index (χ0) is 54.2. The number of rotatable bonds is 59. The Kier molecular flexibility index (Phi) is 55.0. The van der Waals surface area contributed by atoms with Gasteiger partial charge in [-0.25, -0.2) is 0 Å². The van der Waals surface area contributed by atoms with Gasteiger partial charge in [0.2, 0.25) is 5.91 Å². The van der Waals surface area contributed by atoms with Gasteiger partial charge >= 0.3 is 0 Å². The van der Waals surface area contributed by atoms with E-state index < -0.39 is 20.0 Å². The number of aliphatic hydroxyl groups excluding tert-OH is 1. The maximum absolute atomic E-state index is 13.0. The first-order valence-corrected chi connectivity index (χ1v) is 33.5. The van der Waals surface area contributed by atoms with Crippen LogP contribution in [0.25, 0.3) is 0 Å². The van der Waals surface area contributed by atoms with Gasteiger partial charge in [-0.2, -0.15) is 0 Å². The normalized spacial score (nSPS) is 14.1. The van der Waals surface area contributed by atoms with Gasteiger partial charge < -0.3 is 28.8 Å². The molecule has 0 aromatic carbocycles. The Morgan fingerprint density at radius 1 is 0.473 bits per heavy atom. The van der Waals surface area contributed by atoms with Gasteiger partial charge in [0.15, 0.2) is 0 Å². The van der Waals surface area contributed by atoms with E-state index in [2.05, 4.69) is 55.6 Å². The zero-order valence-corrected chi connectivity index (χ0v) is 50.7. The van der Waals surface area contributed by atoms with Crippen LogP contribution >= 0.6 is 7.82 Å². The first-order chi connectivity index (χ1) is 36.0. The quantitative estimate of drug-likeness (QED) is 0.0272. The van der Waals surface area contributed by atoms with Crippen molar-refractivity contribution in [2.24, 2.45) is 0 Å². The van der Waals surface area contributed by atoms with Crippen molar-refractivity contribution in [2.75, 3.05) is 40.9 Å². The number of unbranched alkanes of at least 4 members (excludes halogenated alkanes) is 40. The summed E-state index contributed by atoms with van der Waals surface area (Å²) in [6.45, 7) is 4.68. The molecule has 0 heterocycles. The molecule has 3 atom stereocenters. The van der Waals surface area contributed by atoms with E-state index in [-0.39, 0.29) is 19.1 Å². The minimum atomic E-state index is -4.60. The standard InChI is InChI=1S/C65H125N2O6P/c1-6-8-10-12-14-16-18-20-22-24-26-28-29-30-31-32-33-34-35-36-37-39-41-43-45-47-49-51-53-55-57-59-65(69)66-63(62-73-74(70,71)72-61-60-67(3,4)5)64(68)58-56-54-52-50-48-46-44-42-40-38-27-25-23-21-19-17-15-13-11-9-7-2/h18,20,24,26,29-30,56,58,63-64,68H,6-17,19,21-23,25,27-28,31-55,57,59-62H2,1-5H3,(H-,66,69,70,71)/b20-18-,26-24-,30-29-,58-56+. The Morgan fingerprint density at radius 3 is 1.14 bits per heavy atom. The fourth-order valence-corrected chi connectivity index (χ4v) is 10.2. The van der Waals surface area contributed by atoms with Crippen LogP contribution in [0.1, 0.15) is 309 Å². The van der Waals surface area contributed by atoms with Gasteiger partial charge in [-0.05, 0) is 57.8 Å². The van der Waals surface area contributed by atoms with Gasteiger partial charge in [0.25, 0.3) is 7.82 Å². The summed E-state index contributed by atoms with van der Waals surface area (Å²) >= 11 is 0. The molecule has 8 nitrogen and oxygen atoms in total. The average Bonchev–Trinajstić information content (AvgIpc) is 3.36. The Bertz CT molecular complexity index is 1340. The first kappa shape index (κ1) is 72.5. The Balaban J connectivity index is 4.10. The fourth-order valence-electron chi connectivity index (χ4n) is 9.52. The van der Waals surface area contributed by atoms with E-state index in [0.29, 0.717) is 17.4 Å². The molecule has 0 aliphatic heterocycles. The topological polar surface area (TPSA) is 108 Å². The molecule has 0 aliphatic carbocycles. The van der Waals surface area contributed by atoms with E-state index >= 15 is 0 Å². The summed E-state index contributed by atoms with van der Waals surface area (Å²) in [4.78, 5) is 25.6. The number of hydrogen-bond donors (Lipinski definition) is 2. The van der Waals surface area contributed by atoms with Gasteiger partial charge in [-0.3, -0.25) is 9.36 Å². The molecule has 436 valence electrons. The summed E-state index contributed by atoms with van der Waals surface area (Å²) in [6.07, 6.45) is 74.9. The Morgan fingerprint density at radius 2 is 0.784 bits per heavy atom. The SMILES string of the molecule is CCCCCCC/C=C\C/C=C\C/C=C\CCCCCCCCCCCCCCCCCCC(=O)NC(COP(=O)([O-])OCC[N+](C)(C)C)C(O)/C=C/CCCCCCCCCCCCCCCCCCCCC. The van der Waals surface area contributed by atoms with Gasteiger partial charge in [0.1, 0.15) is 13.2 Å². The van der Waals surface area contributed by atoms with Crippen LogP contribution in [-0.4, -0.2) is 68.5 Å². The number of nitrogens with one attached hydrogen (secondary N) is 1. The lowest BCUT2D eigenvalue weighted by atomic mass is 10.0. The van der Waals surface area contributed by atoms with E-state index in [1.54, 1.807) is 6.08 Å². The molecule has 0 aliphatic rings. The summed E-state index contributed by atoms with van der Waals surface area (Å²) in [6, 6.07) is -0.888. The lowest BCUT2D eigenvalue weighted by molar-refractivity contribution is -0.870. The molecule has 74 heavy (non-hydrogen) atoms. The van der Waals surface area contributed by atoms with Crippen molar-refractivity contribution in [1.29, 1.82) is 0 Å². The molecule has 0 saturated heterocycles. The molecule has 2 N–H and O–H groups in total. The lowest BCUT2D eigenvalue weighted by Crippen LogP contribution is -2.45. The second kappa shape index (κ2) is 56.2. The molecule has 0 bridgehead atoms. The molecule has 1 amide bonds. The molecule has 0 aromatic rings. The molecular formula is C65H125N2O6P. The number of amides is 1. The fraction of sp³-hybridized carbons (Fsp3) is 0.862. The first-order valence-electron chi connectivity index (χ1n) is 32.0. The number of nitrogens with zero attached hydrogens (tertiary/aromatic N) is 1. The number of carbonyl (C=O) groups excluding carboxylic acids is 1. The van der Waals surface area contributed by atoms with E-state index in [1.165, 1.54) is 238 Å². The highest BCUT2D eigenvalue weighted by atomic mass is 31.2. The molecule has 0 fully saturated rings. The van der Waals surface area contributed by atoms with Crippen molar-refractivity contribution >= 4 is 13.7 Å². The summed E-state index contributed by atoms with van der Waals surface area (Å²) in [5.41, 5.74) is 0. The average molecular weight is 1060 g/mol. The molecule has 0 radical (unpaired) electrons. The van der Waals surface area contributed by atoms with Crippen LogP contribution < -0.4 is 10.2 Å². The van der Waals surface area contributed by atoms with Crippen LogP contribution in [0.5, 0.6) is 0 Å². The van der Waals surface area contributed by atoms with Crippen LogP contribution in [0.3, 0.4) is 0 Å². The van der Waals surface area contributed by atoms with Gasteiger partial charge in [0, 0.05) is 6.42 Å². The highest BCUT2D eigenvalue weighted by Crippen LogP contribution is 2.38. The molecule has 0 saturated carbocycles. The highest BCUT2D eigenvalue weighted by molar-refractivity contribution is 7.45. The summed E-state index contributed by atoms with van der Waals surface area (Å²) in [5, 5.41) is 13.9. The molecule has 0 rings (SSSR count). The lowest BCUT2D eigenvalue weighted by Gasteiger charge is -2.29.